The minimum absolute atomic E-state index is 0. The van der Waals surface area contributed by atoms with Gasteiger partial charge < -0.3 is 16.3 Å². The molecule has 0 aliphatic carbocycles. The van der Waals surface area contributed by atoms with E-state index >= 15 is 0 Å². The van der Waals surface area contributed by atoms with Gasteiger partial charge in [0.15, 0.2) is 0 Å². The van der Waals surface area contributed by atoms with Crippen LogP contribution in [-0.4, -0.2) is 22.7 Å². The third-order valence-electron chi connectivity index (χ3n) is 2.86. The molecule has 0 aromatic rings. The predicted molar refractivity (Wildman–Crippen MR) is 52.0 cm³/mol. The Morgan fingerprint density at radius 2 is 1.75 bits per heavy atom. The maximum absolute atomic E-state index is 8.74. The smallest absolute Gasteiger partial charge is 0.0434 e. The third kappa shape index (κ3) is 3.52. The zero-order chi connectivity index (χ0) is 8.91. The van der Waals surface area contributed by atoms with Gasteiger partial charge in [0, 0.05) is 12.1 Å². The number of nitrogens with two attached hydrogens (primary N) is 1. The predicted octanol–water partition coefficient (Wildman–Crippen LogP) is 0.698. The Morgan fingerprint density at radius 1 is 1.33 bits per heavy atom. The summed E-state index contributed by atoms with van der Waals surface area (Å²) in [5.74, 6) is 0.419. The number of hydrogen-bond donors (Lipinski definition) is 2. The van der Waals surface area contributed by atoms with Crippen LogP contribution in [0.4, 0.5) is 0 Å². The standard InChI is InChI=1S/C9H21NO.H2O/c1-4-9(10,5-2)8(3)6-7-11;/h8,11H,4-7,10H2,1-3H3;1H2. The number of rotatable bonds is 5. The molecule has 0 saturated carbocycles. The third-order valence-corrected chi connectivity index (χ3v) is 2.86. The molecule has 0 aliphatic heterocycles. The van der Waals surface area contributed by atoms with Crippen LogP contribution >= 0.6 is 0 Å². The minimum Gasteiger partial charge on any atom is -0.412 e. The molecule has 0 bridgehead atoms. The fraction of sp³-hybridized carbons (Fsp3) is 1.00. The normalized spacial score (nSPS) is 13.8. The Bertz CT molecular complexity index is 103. The molecule has 0 heterocycles. The number of aliphatic hydroxyl groups excluding tert-OH is 1. The average molecular weight is 177 g/mol. The van der Waals surface area contributed by atoms with Gasteiger partial charge in [-0.25, -0.2) is 0 Å². The molecule has 0 radical (unpaired) electrons. The van der Waals surface area contributed by atoms with Crippen molar-refractivity contribution < 1.29 is 10.6 Å². The van der Waals surface area contributed by atoms with Crippen LogP contribution in [0, 0.1) is 5.92 Å². The molecule has 3 nitrogen and oxygen atoms in total. The van der Waals surface area contributed by atoms with Crippen molar-refractivity contribution >= 4 is 0 Å². The van der Waals surface area contributed by atoms with Crippen LogP contribution in [0.2, 0.25) is 0 Å². The van der Waals surface area contributed by atoms with E-state index in [-0.39, 0.29) is 17.6 Å². The van der Waals surface area contributed by atoms with Crippen molar-refractivity contribution in [1.29, 1.82) is 0 Å². The molecule has 1 unspecified atom stereocenters. The summed E-state index contributed by atoms with van der Waals surface area (Å²) in [4.78, 5) is 0. The maximum Gasteiger partial charge on any atom is 0.0434 e. The Morgan fingerprint density at radius 3 is 2.00 bits per heavy atom. The van der Waals surface area contributed by atoms with Gasteiger partial charge in [0.25, 0.3) is 0 Å². The first-order chi connectivity index (χ1) is 5.10. The lowest BCUT2D eigenvalue weighted by molar-refractivity contribution is 0.197. The summed E-state index contributed by atoms with van der Waals surface area (Å²) in [5.41, 5.74) is 6.05. The van der Waals surface area contributed by atoms with Crippen LogP contribution in [0.1, 0.15) is 40.0 Å². The topological polar surface area (TPSA) is 77.8 Å². The molecule has 0 aromatic heterocycles. The van der Waals surface area contributed by atoms with Gasteiger partial charge in [-0.2, -0.15) is 0 Å². The van der Waals surface area contributed by atoms with Crippen molar-refractivity contribution in [3.63, 3.8) is 0 Å². The molecule has 0 amide bonds. The molecule has 3 heteroatoms. The Kier molecular flexibility index (Phi) is 7.69. The molecule has 0 aliphatic rings. The van der Waals surface area contributed by atoms with Gasteiger partial charge in [0.1, 0.15) is 0 Å². The first kappa shape index (κ1) is 14.4. The van der Waals surface area contributed by atoms with Crippen molar-refractivity contribution in [3.8, 4) is 0 Å². The molecule has 0 aromatic carbocycles. The summed E-state index contributed by atoms with van der Waals surface area (Å²) in [6, 6.07) is 0. The van der Waals surface area contributed by atoms with Gasteiger partial charge in [-0.15, -0.1) is 0 Å². The van der Waals surface area contributed by atoms with E-state index in [1.807, 2.05) is 0 Å². The lowest BCUT2D eigenvalue weighted by Crippen LogP contribution is -2.45. The summed E-state index contributed by atoms with van der Waals surface area (Å²) in [6.45, 7) is 6.58. The lowest BCUT2D eigenvalue weighted by atomic mass is 9.80. The second-order valence-corrected chi connectivity index (χ2v) is 3.35. The van der Waals surface area contributed by atoms with E-state index < -0.39 is 0 Å². The Hall–Kier alpha value is -0.120. The monoisotopic (exact) mass is 177 g/mol. The van der Waals surface area contributed by atoms with Gasteiger partial charge in [-0.05, 0) is 25.2 Å². The zero-order valence-electron chi connectivity index (χ0n) is 8.43. The van der Waals surface area contributed by atoms with Crippen molar-refractivity contribution in [3.05, 3.63) is 0 Å². The SMILES string of the molecule is CCC(N)(CC)C(C)CCO.O. The maximum atomic E-state index is 8.74. The first-order valence-corrected chi connectivity index (χ1v) is 4.50. The molecular weight excluding hydrogens is 154 g/mol. The van der Waals surface area contributed by atoms with Crippen LogP contribution in [0.3, 0.4) is 0 Å². The Balaban J connectivity index is 0. The van der Waals surface area contributed by atoms with Crippen molar-refractivity contribution in [1.82, 2.24) is 0 Å². The quantitative estimate of drug-likeness (QED) is 0.648. The largest absolute Gasteiger partial charge is 0.412 e. The highest BCUT2D eigenvalue weighted by atomic mass is 16.3. The van der Waals surface area contributed by atoms with Gasteiger partial charge in [-0.1, -0.05) is 20.8 Å². The van der Waals surface area contributed by atoms with E-state index in [4.69, 9.17) is 10.8 Å². The van der Waals surface area contributed by atoms with Crippen molar-refractivity contribution in [2.75, 3.05) is 6.61 Å². The molecule has 0 fully saturated rings. The highest BCUT2D eigenvalue weighted by Crippen LogP contribution is 2.24. The van der Waals surface area contributed by atoms with Crippen LogP contribution in [-0.2, 0) is 0 Å². The molecule has 0 rings (SSSR count). The molecular formula is C9H23NO2. The van der Waals surface area contributed by atoms with E-state index in [2.05, 4.69) is 20.8 Å². The van der Waals surface area contributed by atoms with Gasteiger partial charge in [0.05, 0.1) is 0 Å². The van der Waals surface area contributed by atoms with E-state index in [1.54, 1.807) is 0 Å². The highest BCUT2D eigenvalue weighted by molar-refractivity contribution is 4.86. The summed E-state index contributed by atoms with van der Waals surface area (Å²) in [7, 11) is 0. The summed E-state index contributed by atoms with van der Waals surface area (Å²) in [6.07, 6.45) is 2.80. The molecule has 0 spiro atoms. The van der Waals surface area contributed by atoms with Gasteiger partial charge in [0.2, 0.25) is 0 Å². The highest BCUT2D eigenvalue weighted by Gasteiger charge is 2.26. The van der Waals surface area contributed by atoms with Crippen LogP contribution < -0.4 is 5.73 Å². The minimum atomic E-state index is -0.0667. The van der Waals surface area contributed by atoms with E-state index in [1.165, 1.54) is 0 Å². The summed E-state index contributed by atoms with van der Waals surface area (Å²) < 4.78 is 0. The number of hydrogen-bond acceptors (Lipinski definition) is 2. The fourth-order valence-electron chi connectivity index (χ4n) is 1.43. The van der Waals surface area contributed by atoms with Gasteiger partial charge in [-0.3, -0.25) is 0 Å². The molecule has 12 heavy (non-hydrogen) atoms. The van der Waals surface area contributed by atoms with Crippen molar-refractivity contribution in [2.24, 2.45) is 11.7 Å². The van der Waals surface area contributed by atoms with Crippen LogP contribution in [0.25, 0.3) is 0 Å². The second kappa shape index (κ2) is 6.40. The van der Waals surface area contributed by atoms with E-state index in [0.717, 1.165) is 19.3 Å². The van der Waals surface area contributed by atoms with E-state index in [0.29, 0.717) is 5.92 Å². The summed E-state index contributed by atoms with van der Waals surface area (Å²) >= 11 is 0. The average Bonchev–Trinajstić information content (AvgIpc) is 2.03. The number of aliphatic hydroxyl groups is 1. The van der Waals surface area contributed by atoms with Gasteiger partial charge >= 0.3 is 0 Å². The van der Waals surface area contributed by atoms with Crippen LogP contribution in [0.5, 0.6) is 0 Å². The summed E-state index contributed by atoms with van der Waals surface area (Å²) in [5, 5.41) is 8.74. The molecule has 76 valence electrons. The van der Waals surface area contributed by atoms with Crippen LogP contribution in [0.15, 0.2) is 0 Å². The molecule has 5 N–H and O–H groups in total. The molecule has 0 saturated heterocycles. The Labute approximate surface area is 75.3 Å². The fourth-order valence-corrected chi connectivity index (χ4v) is 1.43. The molecule has 1 atom stereocenters. The lowest BCUT2D eigenvalue weighted by Gasteiger charge is -2.33. The second-order valence-electron chi connectivity index (χ2n) is 3.35. The first-order valence-electron chi connectivity index (χ1n) is 4.50. The van der Waals surface area contributed by atoms with E-state index in [9.17, 15) is 0 Å². The van der Waals surface area contributed by atoms with Crippen molar-refractivity contribution in [2.45, 2.75) is 45.6 Å². The zero-order valence-corrected chi connectivity index (χ0v) is 8.43.